The zero-order valence-electron chi connectivity index (χ0n) is 15.2. The number of benzene rings is 3. The zero-order valence-corrected chi connectivity index (χ0v) is 15.2. The highest BCUT2D eigenvalue weighted by atomic mass is 14.6. The van der Waals surface area contributed by atoms with Crippen molar-refractivity contribution in [2.75, 3.05) is 0 Å². The average Bonchev–Trinajstić information content (AvgIpc) is 2.93. The highest BCUT2D eigenvalue weighted by Crippen LogP contribution is 2.39. The summed E-state index contributed by atoms with van der Waals surface area (Å²) < 4.78 is 0. The molecule has 0 N–H and O–H groups in total. The van der Waals surface area contributed by atoms with E-state index < -0.39 is 0 Å². The first-order valence-corrected chi connectivity index (χ1v) is 9.37. The molecule has 1 heteroatoms. The number of hydrogen-bond donors (Lipinski definition) is 0. The van der Waals surface area contributed by atoms with Gasteiger partial charge in [0.2, 0.25) is 0 Å². The summed E-state index contributed by atoms with van der Waals surface area (Å²) in [5, 5.41) is 0. The summed E-state index contributed by atoms with van der Waals surface area (Å²) >= 11 is 0. The fourth-order valence-electron chi connectivity index (χ4n) is 3.87. The molecule has 3 aromatic rings. The fraction of sp³-hybridized carbons (Fsp3) is 0.115. The van der Waals surface area contributed by atoms with E-state index in [-0.39, 0.29) is 0 Å². The molecule has 0 radical (unpaired) electrons. The van der Waals surface area contributed by atoms with Crippen LogP contribution in [0.3, 0.4) is 0 Å². The molecule has 3 aromatic carbocycles. The lowest BCUT2D eigenvalue weighted by molar-refractivity contribution is 0.860. The minimum absolute atomic E-state index is 1.05. The number of aryl methyl sites for hydroxylation is 1. The van der Waals surface area contributed by atoms with Crippen LogP contribution in [0.5, 0.6) is 0 Å². The highest BCUT2D eigenvalue weighted by Gasteiger charge is 2.19. The average molecular weight is 347 g/mol. The number of rotatable bonds is 3. The Kier molecular flexibility index (Phi) is 4.99. The summed E-state index contributed by atoms with van der Waals surface area (Å²) in [4.78, 5) is 3.30. The van der Waals surface area contributed by atoms with Crippen molar-refractivity contribution in [3.63, 3.8) is 0 Å². The standard InChI is InChI=1S/C26H21N/c1-27-19-18-20-14-16-23(17-15-20)26-24-12-6-5-10-22(24)11-7-13-25(26)21-8-3-2-4-9-21/h2-6,8-10,12,14-19H,7,11,13H2. The Hall–Kier alpha value is -3.37. The van der Waals surface area contributed by atoms with Gasteiger partial charge in [0.05, 0.1) is 6.57 Å². The van der Waals surface area contributed by atoms with Crippen molar-refractivity contribution in [3.8, 4) is 0 Å². The predicted molar refractivity (Wildman–Crippen MR) is 114 cm³/mol. The van der Waals surface area contributed by atoms with Crippen LogP contribution < -0.4 is 0 Å². The maximum atomic E-state index is 6.91. The van der Waals surface area contributed by atoms with Gasteiger partial charge in [0.15, 0.2) is 6.20 Å². The van der Waals surface area contributed by atoms with Crippen molar-refractivity contribution >= 4 is 17.2 Å². The van der Waals surface area contributed by atoms with Crippen molar-refractivity contribution in [2.24, 2.45) is 0 Å². The Morgan fingerprint density at radius 3 is 2.26 bits per heavy atom. The van der Waals surface area contributed by atoms with Crippen LogP contribution in [0.2, 0.25) is 0 Å². The van der Waals surface area contributed by atoms with Crippen molar-refractivity contribution in [1.29, 1.82) is 0 Å². The van der Waals surface area contributed by atoms with E-state index in [0.29, 0.717) is 0 Å². The van der Waals surface area contributed by atoms with E-state index in [2.05, 4.69) is 83.7 Å². The molecule has 0 bridgehead atoms. The van der Waals surface area contributed by atoms with Crippen LogP contribution in [-0.2, 0) is 6.42 Å². The summed E-state index contributed by atoms with van der Waals surface area (Å²) in [6, 6.07) is 28.1. The molecule has 27 heavy (non-hydrogen) atoms. The van der Waals surface area contributed by atoms with E-state index in [1.54, 1.807) is 0 Å². The largest absolute Gasteiger partial charge is 0.246 e. The van der Waals surface area contributed by atoms with E-state index in [0.717, 1.165) is 24.8 Å². The SMILES string of the molecule is [C-]#[N+]C=Cc1ccc(C2=C(c3ccccc3)CCCc3ccccc32)cc1. The Bertz CT molecular complexity index is 1030. The number of allylic oxidation sites excluding steroid dienone is 1. The van der Waals surface area contributed by atoms with Crippen molar-refractivity contribution in [3.05, 3.63) is 124 Å². The molecule has 0 amide bonds. The third-order valence-electron chi connectivity index (χ3n) is 5.12. The number of hydrogen-bond acceptors (Lipinski definition) is 0. The Balaban J connectivity index is 1.91. The lowest BCUT2D eigenvalue weighted by Gasteiger charge is -2.16. The fourth-order valence-corrected chi connectivity index (χ4v) is 3.87. The first-order chi connectivity index (χ1) is 13.4. The van der Waals surface area contributed by atoms with Gasteiger partial charge in [-0.2, -0.15) is 0 Å². The normalized spacial score (nSPS) is 13.9. The van der Waals surface area contributed by atoms with Crippen LogP contribution in [0.4, 0.5) is 0 Å². The van der Waals surface area contributed by atoms with Gasteiger partial charge >= 0.3 is 0 Å². The molecule has 0 fully saturated rings. The molecular weight excluding hydrogens is 326 g/mol. The van der Waals surface area contributed by atoms with Gasteiger partial charge < -0.3 is 0 Å². The topological polar surface area (TPSA) is 4.36 Å². The minimum atomic E-state index is 1.05. The molecule has 130 valence electrons. The van der Waals surface area contributed by atoms with E-state index in [9.17, 15) is 0 Å². The Morgan fingerprint density at radius 2 is 1.48 bits per heavy atom. The quantitative estimate of drug-likeness (QED) is 0.455. The minimum Gasteiger partial charge on any atom is -0.246 e. The number of fused-ring (bicyclic) bond motifs is 1. The van der Waals surface area contributed by atoms with Gasteiger partial charge in [-0.15, -0.1) is 0 Å². The molecule has 0 saturated heterocycles. The first-order valence-electron chi connectivity index (χ1n) is 9.37. The third kappa shape index (κ3) is 3.61. The van der Waals surface area contributed by atoms with E-state index in [4.69, 9.17) is 6.57 Å². The second-order valence-electron chi connectivity index (χ2n) is 6.80. The lowest BCUT2D eigenvalue weighted by atomic mass is 9.87. The smallest absolute Gasteiger partial charge is 0.154 e. The molecule has 1 aliphatic rings. The summed E-state index contributed by atoms with van der Waals surface area (Å²) in [7, 11) is 0. The van der Waals surface area contributed by atoms with Crippen LogP contribution in [0.1, 0.15) is 40.7 Å². The summed E-state index contributed by atoms with van der Waals surface area (Å²) in [6.07, 6.45) is 6.71. The Morgan fingerprint density at radius 1 is 0.741 bits per heavy atom. The van der Waals surface area contributed by atoms with E-state index >= 15 is 0 Å². The monoisotopic (exact) mass is 347 g/mol. The molecule has 0 unspecified atom stereocenters. The van der Waals surface area contributed by atoms with Crippen LogP contribution >= 0.6 is 0 Å². The molecule has 0 heterocycles. The third-order valence-corrected chi connectivity index (χ3v) is 5.12. The van der Waals surface area contributed by atoms with E-state index in [1.165, 1.54) is 39.6 Å². The van der Waals surface area contributed by atoms with Gasteiger partial charge in [-0.25, -0.2) is 4.85 Å². The molecule has 4 rings (SSSR count). The van der Waals surface area contributed by atoms with Gasteiger partial charge in [0, 0.05) is 0 Å². The maximum absolute atomic E-state index is 6.91. The van der Waals surface area contributed by atoms with Gasteiger partial charge in [0.25, 0.3) is 0 Å². The molecule has 0 atom stereocenters. The van der Waals surface area contributed by atoms with Gasteiger partial charge in [0.1, 0.15) is 0 Å². The second kappa shape index (κ2) is 7.89. The van der Waals surface area contributed by atoms with Crippen LogP contribution in [0.25, 0.3) is 22.1 Å². The predicted octanol–water partition coefficient (Wildman–Crippen LogP) is 6.87. The van der Waals surface area contributed by atoms with Crippen molar-refractivity contribution < 1.29 is 0 Å². The molecule has 1 aliphatic carbocycles. The highest BCUT2D eigenvalue weighted by molar-refractivity contribution is 5.99. The Labute approximate surface area is 161 Å². The van der Waals surface area contributed by atoms with Crippen molar-refractivity contribution in [1.82, 2.24) is 0 Å². The lowest BCUT2D eigenvalue weighted by Crippen LogP contribution is -1.96. The molecule has 0 aliphatic heterocycles. The van der Waals surface area contributed by atoms with Crippen LogP contribution in [0, 0.1) is 6.57 Å². The second-order valence-corrected chi connectivity index (χ2v) is 6.80. The molecule has 0 saturated carbocycles. The van der Waals surface area contributed by atoms with Gasteiger partial charge in [-0.1, -0.05) is 84.9 Å². The van der Waals surface area contributed by atoms with Crippen molar-refractivity contribution in [2.45, 2.75) is 19.3 Å². The van der Waals surface area contributed by atoms with Crippen LogP contribution in [0.15, 0.2) is 85.1 Å². The molecule has 0 aromatic heterocycles. The van der Waals surface area contributed by atoms with Crippen LogP contribution in [-0.4, -0.2) is 0 Å². The summed E-state index contributed by atoms with van der Waals surface area (Å²) in [5.74, 6) is 0. The molecule has 1 nitrogen and oxygen atoms in total. The summed E-state index contributed by atoms with van der Waals surface area (Å²) in [6.45, 7) is 6.91. The summed E-state index contributed by atoms with van der Waals surface area (Å²) in [5.41, 5.74) is 9.14. The first kappa shape index (κ1) is 17.1. The molecular formula is C26H21N. The van der Waals surface area contributed by atoms with E-state index in [1.807, 2.05) is 6.08 Å². The zero-order chi connectivity index (χ0) is 18.5. The molecule has 0 spiro atoms. The van der Waals surface area contributed by atoms with Gasteiger partial charge in [-0.3, -0.25) is 0 Å². The maximum Gasteiger partial charge on any atom is 0.154 e. The van der Waals surface area contributed by atoms with Gasteiger partial charge in [-0.05, 0) is 58.2 Å². The number of nitrogens with zero attached hydrogens (tertiary/aromatic N) is 1.